The van der Waals surface area contributed by atoms with Crippen molar-refractivity contribution in [1.82, 2.24) is 0 Å². The molecule has 0 aromatic rings. The number of Topliss-reactive ketones (excluding diaryl/α,β-unsaturated/α-hetero) is 1. The molecule has 188 valence electrons. The van der Waals surface area contributed by atoms with Crippen LogP contribution in [0.5, 0.6) is 0 Å². The summed E-state index contributed by atoms with van der Waals surface area (Å²) in [5.41, 5.74) is -2.64. The van der Waals surface area contributed by atoms with Crippen molar-refractivity contribution in [1.29, 1.82) is 0 Å². The number of nitrogens with two attached hydrogens (primary N) is 1. The molecular formula is C24H31F2NO7. The number of allylic oxidation sites excluding steroid dienone is 4. The van der Waals surface area contributed by atoms with Crippen LogP contribution >= 0.6 is 0 Å². The Kier molecular flexibility index (Phi) is 5.72. The summed E-state index contributed by atoms with van der Waals surface area (Å²) in [5.74, 6) is -4.39. The quantitative estimate of drug-likeness (QED) is 0.422. The number of aliphatic hydroxyl groups excluding tert-OH is 2. The normalized spacial score (nSPS) is 48.3. The third kappa shape index (κ3) is 2.98. The van der Waals surface area contributed by atoms with Gasteiger partial charge in [-0.25, -0.2) is 8.78 Å². The Morgan fingerprint density at radius 2 is 1.88 bits per heavy atom. The van der Waals surface area contributed by atoms with E-state index in [2.05, 4.69) is 0 Å². The topological polar surface area (TPSA) is 147 Å². The van der Waals surface area contributed by atoms with E-state index in [9.17, 15) is 29.7 Å². The van der Waals surface area contributed by atoms with Crippen molar-refractivity contribution in [3.63, 3.8) is 0 Å². The molecule has 0 aliphatic heterocycles. The van der Waals surface area contributed by atoms with E-state index in [1.54, 1.807) is 0 Å². The molecule has 0 aromatic heterocycles. The average Bonchev–Trinajstić information content (AvgIpc) is 2.96. The number of hydrogen-bond donors (Lipinski definition) is 4. The summed E-state index contributed by atoms with van der Waals surface area (Å²) in [6, 6.07) is -1.01. The van der Waals surface area contributed by atoms with Gasteiger partial charge in [-0.05, 0) is 56.8 Å². The number of alkyl halides is 2. The SMILES string of the molecule is CC(N)C(=O)OCC(=O)[C@@]1(O)[C@H](O)C[C@H]2C3C[C@H](F)C4=CC(=O)C=C[C@]4(C)[C@@]3(F)[C@@H](O)C[C@@]21C. The number of rotatable bonds is 4. The summed E-state index contributed by atoms with van der Waals surface area (Å²) in [5, 5.41) is 33.5. The summed E-state index contributed by atoms with van der Waals surface area (Å²) in [6.45, 7) is 3.39. The first-order valence-electron chi connectivity index (χ1n) is 11.5. The zero-order valence-electron chi connectivity index (χ0n) is 19.3. The first kappa shape index (κ1) is 25.1. The molecule has 8 nitrogen and oxygen atoms in total. The molecule has 0 bridgehead atoms. The Labute approximate surface area is 195 Å². The second-order valence-electron chi connectivity index (χ2n) is 10.7. The molecule has 3 fully saturated rings. The molecule has 10 atom stereocenters. The Balaban J connectivity index is 1.73. The molecule has 0 heterocycles. The lowest BCUT2D eigenvalue weighted by atomic mass is 9.44. The van der Waals surface area contributed by atoms with Crippen LogP contribution < -0.4 is 5.73 Å². The number of esters is 1. The van der Waals surface area contributed by atoms with Crippen LogP contribution in [0.3, 0.4) is 0 Å². The standard InChI is InChI=1S/C24H31F2NO7/c1-11(27)20(32)34-10-19(31)24(33)17(29)8-13-14-7-16(25)15-6-12(28)4-5-21(15,2)23(14,26)18(30)9-22(13,24)3/h4-6,11,13-14,16-18,29-30,33H,7-10,27H2,1-3H3/t11?,13-,14?,16-,17+,18-,21-,22-,23-,24-/m0/s1. The number of carbonyl (C=O) groups is 3. The monoisotopic (exact) mass is 483 g/mol. The minimum atomic E-state index is -2.46. The van der Waals surface area contributed by atoms with Crippen molar-refractivity contribution >= 4 is 17.5 Å². The fourth-order valence-corrected chi connectivity index (χ4v) is 7.10. The van der Waals surface area contributed by atoms with E-state index in [0.29, 0.717) is 0 Å². The van der Waals surface area contributed by atoms with E-state index in [1.807, 2.05) is 0 Å². The number of ketones is 2. The van der Waals surface area contributed by atoms with Gasteiger partial charge in [0.05, 0.1) is 12.2 Å². The second-order valence-corrected chi connectivity index (χ2v) is 10.7. The number of halogens is 2. The molecule has 5 N–H and O–H groups in total. The Hall–Kier alpha value is -2.01. The molecule has 4 aliphatic rings. The highest BCUT2D eigenvalue weighted by atomic mass is 19.1. The van der Waals surface area contributed by atoms with Gasteiger partial charge >= 0.3 is 5.97 Å². The molecule has 34 heavy (non-hydrogen) atoms. The summed E-state index contributed by atoms with van der Waals surface area (Å²) < 4.78 is 37.2. The van der Waals surface area contributed by atoms with E-state index in [4.69, 9.17) is 10.5 Å². The summed E-state index contributed by atoms with van der Waals surface area (Å²) in [4.78, 5) is 36.7. The lowest BCUT2D eigenvalue weighted by Crippen LogP contribution is -2.71. The smallest absolute Gasteiger partial charge is 0.323 e. The third-order valence-corrected chi connectivity index (χ3v) is 8.99. The lowest BCUT2D eigenvalue weighted by molar-refractivity contribution is -0.226. The minimum Gasteiger partial charge on any atom is -0.456 e. The fourth-order valence-electron chi connectivity index (χ4n) is 7.10. The number of ether oxygens (including phenoxy) is 1. The van der Waals surface area contributed by atoms with Crippen LogP contribution in [-0.4, -0.2) is 75.2 Å². The van der Waals surface area contributed by atoms with Crippen LogP contribution in [0, 0.1) is 22.7 Å². The fraction of sp³-hybridized carbons (Fsp3) is 0.708. The number of hydrogen-bond acceptors (Lipinski definition) is 8. The third-order valence-electron chi connectivity index (χ3n) is 8.99. The van der Waals surface area contributed by atoms with E-state index in [0.717, 1.165) is 12.2 Å². The molecule has 0 spiro atoms. The maximum Gasteiger partial charge on any atom is 0.323 e. The molecule has 10 heteroatoms. The highest BCUT2D eigenvalue weighted by Gasteiger charge is 2.77. The first-order valence-corrected chi connectivity index (χ1v) is 11.5. The van der Waals surface area contributed by atoms with Crippen molar-refractivity contribution in [2.24, 2.45) is 28.4 Å². The molecule has 0 amide bonds. The lowest BCUT2D eigenvalue weighted by Gasteiger charge is -2.62. The Bertz CT molecular complexity index is 998. The van der Waals surface area contributed by atoms with Gasteiger partial charge in [0.2, 0.25) is 5.78 Å². The van der Waals surface area contributed by atoms with Crippen LogP contribution in [0.15, 0.2) is 23.8 Å². The van der Waals surface area contributed by atoms with Gasteiger partial charge in [-0.1, -0.05) is 13.0 Å². The number of fused-ring (bicyclic) bond motifs is 5. The van der Waals surface area contributed by atoms with Gasteiger partial charge in [0.25, 0.3) is 0 Å². The van der Waals surface area contributed by atoms with Crippen molar-refractivity contribution in [3.8, 4) is 0 Å². The highest BCUT2D eigenvalue weighted by Crippen LogP contribution is 2.70. The van der Waals surface area contributed by atoms with Crippen molar-refractivity contribution in [3.05, 3.63) is 23.8 Å². The average molecular weight is 484 g/mol. The van der Waals surface area contributed by atoms with Crippen LogP contribution in [0.1, 0.15) is 40.0 Å². The van der Waals surface area contributed by atoms with Gasteiger partial charge in [0.15, 0.2) is 23.7 Å². The van der Waals surface area contributed by atoms with Gasteiger partial charge < -0.3 is 25.8 Å². The van der Waals surface area contributed by atoms with Gasteiger partial charge in [-0.15, -0.1) is 0 Å². The highest BCUT2D eigenvalue weighted by molar-refractivity contribution is 6.01. The zero-order chi connectivity index (χ0) is 25.4. The van der Waals surface area contributed by atoms with Crippen molar-refractivity contribution in [2.45, 2.75) is 75.7 Å². The van der Waals surface area contributed by atoms with Gasteiger partial charge in [0, 0.05) is 16.7 Å². The Morgan fingerprint density at radius 1 is 1.24 bits per heavy atom. The Morgan fingerprint density at radius 3 is 2.50 bits per heavy atom. The maximum absolute atomic E-state index is 17.0. The van der Waals surface area contributed by atoms with Gasteiger partial charge in [-0.2, -0.15) is 0 Å². The predicted molar refractivity (Wildman–Crippen MR) is 115 cm³/mol. The number of aliphatic hydroxyl groups is 3. The van der Waals surface area contributed by atoms with E-state index in [1.165, 1.54) is 26.8 Å². The van der Waals surface area contributed by atoms with E-state index >= 15 is 8.78 Å². The van der Waals surface area contributed by atoms with E-state index < -0.39 is 88.9 Å². The van der Waals surface area contributed by atoms with Crippen LogP contribution in [0.4, 0.5) is 8.78 Å². The molecule has 0 saturated heterocycles. The van der Waals surface area contributed by atoms with Crippen molar-refractivity contribution < 1.29 is 43.2 Å². The van der Waals surface area contributed by atoms with Gasteiger partial charge in [-0.3, -0.25) is 14.4 Å². The molecule has 3 saturated carbocycles. The molecule has 0 radical (unpaired) electrons. The van der Waals surface area contributed by atoms with Crippen molar-refractivity contribution in [2.75, 3.05) is 6.61 Å². The van der Waals surface area contributed by atoms with Crippen LogP contribution in [0.25, 0.3) is 0 Å². The van der Waals surface area contributed by atoms with Gasteiger partial charge in [0.1, 0.15) is 12.2 Å². The molecule has 4 rings (SSSR count). The molecule has 4 aliphatic carbocycles. The maximum atomic E-state index is 17.0. The number of carbonyl (C=O) groups excluding carboxylic acids is 3. The molecule has 2 unspecified atom stereocenters. The largest absolute Gasteiger partial charge is 0.456 e. The molecular weight excluding hydrogens is 452 g/mol. The van der Waals surface area contributed by atoms with Crippen LogP contribution in [0.2, 0.25) is 0 Å². The zero-order valence-corrected chi connectivity index (χ0v) is 19.3. The summed E-state index contributed by atoms with van der Waals surface area (Å²) >= 11 is 0. The minimum absolute atomic E-state index is 0.0471. The summed E-state index contributed by atoms with van der Waals surface area (Å²) in [7, 11) is 0. The van der Waals surface area contributed by atoms with E-state index in [-0.39, 0.29) is 18.4 Å². The second kappa shape index (κ2) is 7.74. The molecule has 0 aromatic carbocycles. The first-order chi connectivity index (χ1) is 15.6. The predicted octanol–water partition coefficient (Wildman–Crippen LogP) is 0.467. The van der Waals surface area contributed by atoms with Crippen LogP contribution in [-0.2, 0) is 19.1 Å². The summed E-state index contributed by atoms with van der Waals surface area (Å²) in [6.07, 6.45) is -2.58.